The summed E-state index contributed by atoms with van der Waals surface area (Å²) >= 11 is 0. The van der Waals surface area contributed by atoms with Crippen molar-refractivity contribution in [1.82, 2.24) is 15.0 Å². The topological polar surface area (TPSA) is 98.1 Å². The maximum atomic E-state index is 13.1. The zero-order chi connectivity index (χ0) is 22.9. The van der Waals surface area contributed by atoms with Crippen LogP contribution in [0.25, 0.3) is 22.4 Å². The highest BCUT2D eigenvalue weighted by molar-refractivity contribution is 5.90. The molecule has 0 aromatic carbocycles. The lowest BCUT2D eigenvalue weighted by Crippen LogP contribution is -2.59. The third-order valence-corrected chi connectivity index (χ3v) is 5.98. The number of hydrogen-bond acceptors (Lipinski definition) is 6. The van der Waals surface area contributed by atoms with Crippen LogP contribution in [0, 0.1) is 6.92 Å². The van der Waals surface area contributed by atoms with Crippen molar-refractivity contribution in [3.05, 3.63) is 36.5 Å². The zero-order valence-corrected chi connectivity index (χ0v) is 17.7. The quantitative estimate of drug-likeness (QED) is 0.596. The molecular weight excluding hydrogens is 423 g/mol. The van der Waals surface area contributed by atoms with Crippen LogP contribution >= 0.6 is 0 Å². The number of hydrogen-bond donors (Lipinski definition) is 1. The molecular formula is C22H24F3N5O2. The van der Waals surface area contributed by atoms with E-state index in [0.29, 0.717) is 53.9 Å². The summed E-state index contributed by atoms with van der Waals surface area (Å²) in [5.41, 5.74) is 5.63. The molecule has 0 bridgehead atoms. The number of primary amides is 1. The molecule has 1 fully saturated rings. The lowest BCUT2D eigenvalue weighted by Gasteiger charge is -2.45. The van der Waals surface area contributed by atoms with E-state index in [4.69, 9.17) is 10.2 Å². The van der Waals surface area contributed by atoms with Crippen LogP contribution in [-0.4, -0.2) is 39.1 Å². The number of oxazole rings is 1. The SMILES string of the molecule is Cc1ncc(-c2ccc3cnc(N(CCC(F)(F)F)C4(C(N)=O)CCCCC4)cc3n2)o1. The first-order chi connectivity index (χ1) is 15.2. The molecule has 0 aliphatic heterocycles. The molecule has 2 N–H and O–H groups in total. The van der Waals surface area contributed by atoms with Gasteiger partial charge in [0.15, 0.2) is 11.7 Å². The van der Waals surface area contributed by atoms with E-state index in [0.717, 1.165) is 6.42 Å². The molecule has 1 aliphatic rings. The van der Waals surface area contributed by atoms with Crippen LogP contribution in [0.5, 0.6) is 0 Å². The van der Waals surface area contributed by atoms with Gasteiger partial charge in [0.05, 0.1) is 18.1 Å². The van der Waals surface area contributed by atoms with Crippen LogP contribution in [-0.2, 0) is 4.79 Å². The number of halogens is 3. The van der Waals surface area contributed by atoms with Gasteiger partial charge in [-0.25, -0.2) is 15.0 Å². The molecule has 170 valence electrons. The van der Waals surface area contributed by atoms with Gasteiger partial charge in [-0.1, -0.05) is 19.3 Å². The smallest absolute Gasteiger partial charge is 0.390 e. The number of alkyl halides is 3. The van der Waals surface area contributed by atoms with Gasteiger partial charge in [-0.2, -0.15) is 13.2 Å². The Morgan fingerprint density at radius 3 is 2.56 bits per heavy atom. The second-order valence-corrected chi connectivity index (χ2v) is 8.15. The number of rotatable bonds is 6. The predicted octanol–water partition coefficient (Wildman–Crippen LogP) is 4.54. The van der Waals surface area contributed by atoms with Gasteiger partial charge in [-0.15, -0.1) is 0 Å². The summed E-state index contributed by atoms with van der Waals surface area (Å²) in [7, 11) is 0. The summed E-state index contributed by atoms with van der Waals surface area (Å²) in [5, 5.41) is 0.710. The summed E-state index contributed by atoms with van der Waals surface area (Å²) in [5.74, 6) is 0.606. The largest absolute Gasteiger partial charge is 0.439 e. The molecule has 3 aromatic heterocycles. The first kappa shape index (κ1) is 22.0. The number of amides is 1. The predicted molar refractivity (Wildman–Crippen MR) is 113 cm³/mol. The molecule has 3 heterocycles. The lowest BCUT2D eigenvalue weighted by molar-refractivity contribution is -0.135. The molecule has 0 unspecified atom stereocenters. The molecule has 32 heavy (non-hydrogen) atoms. The number of fused-ring (bicyclic) bond motifs is 1. The highest BCUT2D eigenvalue weighted by Crippen LogP contribution is 2.38. The van der Waals surface area contributed by atoms with Crippen LogP contribution in [0.4, 0.5) is 19.0 Å². The number of aromatic nitrogens is 3. The second-order valence-electron chi connectivity index (χ2n) is 8.15. The van der Waals surface area contributed by atoms with Crippen molar-refractivity contribution < 1.29 is 22.4 Å². The lowest BCUT2D eigenvalue weighted by atomic mass is 9.79. The van der Waals surface area contributed by atoms with Crippen LogP contribution in [0.1, 0.15) is 44.4 Å². The van der Waals surface area contributed by atoms with Crippen molar-refractivity contribution in [2.45, 2.75) is 57.2 Å². The van der Waals surface area contributed by atoms with Crippen molar-refractivity contribution in [1.29, 1.82) is 0 Å². The van der Waals surface area contributed by atoms with E-state index < -0.39 is 30.6 Å². The Labute approximate surface area is 182 Å². The van der Waals surface area contributed by atoms with Gasteiger partial charge >= 0.3 is 6.18 Å². The monoisotopic (exact) mass is 447 g/mol. The number of aryl methyl sites for hydroxylation is 1. The number of anilines is 1. The zero-order valence-electron chi connectivity index (χ0n) is 17.7. The van der Waals surface area contributed by atoms with Gasteiger partial charge in [-0.05, 0) is 25.0 Å². The van der Waals surface area contributed by atoms with Crippen LogP contribution in [0.15, 0.2) is 35.0 Å². The highest BCUT2D eigenvalue weighted by atomic mass is 19.4. The van der Waals surface area contributed by atoms with Crippen molar-refractivity contribution in [2.24, 2.45) is 5.73 Å². The Kier molecular flexibility index (Phi) is 5.79. The summed E-state index contributed by atoms with van der Waals surface area (Å²) in [6.07, 6.45) is 0.782. The van der Waals surface area contributed by atoms with Gasteiger partial charge in [0.2, 0.25) is 5.91 Å². The minimum Gasteiger partial charge on any atom is -0.439 e. The summed E-state index contributed by atoms with van der Waals surface area (Å²) in [6.45, 7) is 1.31. The first-order valence-electron chi connectivity index (χ1n) is 10.5. The van der Waals surface area contributed by atoms with Crippen LogP contribution in [0.3, 0.4) is 0 Å². The van der Waals surface area contributed by atoms with Gasteiger partial charge in [0, 0.05) is 31.1 Å². The maximum Gasteiger partial charge on any atom is 0.390 e. The molecule has 0 radical (unpaired) electrons. The van der Waals surface area contributed by atoms with Gasteiger partial charge < -0.3 is 15.1 Å². The molecule has 0 atom stereocenters. The molecule has 1 amide bonds. The van der Waals surface area contributed by atoms with Gasteiger partial charge in [-0.3, -0.25) is 4.79 Å². The van der Waals surface area contributed by atoms with E-state index in [1.54, 1.807) is 37.5 Å². The Morgan fingerprint density at radius 2 is 1.94 bits per heavy atom. The normalized spacial score (nSPS) is 16.2. The minimum absolute atomic E-state index is 0.251. The van der Waals surface area contributed by atoms with E-state index in [9.17, 15) is 18.0 Å². The van der Waals surface area contributed by atoms with Crippen molar-refractivity contribution in [2.75, 3.05) is 11.4 Å². The number of carbonyl (C=O) groups excluding carboxylic acids is 1. The molecule has 10 heteroatoms. The fourth-order valence-corrected chi connectivity index (χ4v) is 4.34. The first-order valence-corrected chi connectivity index (χ1v) is 10.5. The summed E-state index contributed by atoms with van der Waals surface area (Å²) in [4.78, 5) is 27.0. The third kappa shape index (κ3) is 4.39. The molecule has 3 aromatic rings. The maximum absolute atomic E-state index is 13.1. The summed E-state index contributed by atoms with van der Waals surface area (Å²) < 4.78 is 44.9. The van der Waals surface area contributed by atoms with E-state index in [1.165, 1.54) is 4.90 Å². The van der Waals surface area contributed by atoms with Crippen molar-refractivity contribution in [3.63, 3.8) is 0 Å². The average molecular weight is 447 g/mol. The van der Waals surface area contributed by atoms with Crippen molar-refractivity contribution >= 4 is 22.6 Å². The molecule has 4 rings (SSSR count). The minimum atomic E-state index is -4.38. The van der Waals surface area contributed by atoms with E-state index in [1.807, 2.05) is 0 Å². The standard InChI is InChI=1S/C22H24F3N5O2/c1-14-27-13-18(32-14)16-6-5-15-12-28-19(11-17(15)29-16)30(10-9-22(23,24)25)21(20(26)31)7-3-2-4-8-21/h5-6,11-13H,2-4,7-10H2,1H3,(H2,26,31). The fraction of sp³-hybridized carbons (Fsp3) is 0.455. The third-order valence-electron chi connectivity index (χ3n) is 5.98. The Hall–Kier alpha value is -3.17. The van der Waals surface area contributed by atoms with Crippen molar-refractivity contribution in [3.8, 4) is 11.5 Å². The number of pyridine rings is 2. The highest BCUT2D eigenvalue weighted by Gasteiger charge is 2.45. The number of nitrogens with two attached hydrogens (primary N) is 1. The number of nitrogens with zero attached hydrogens (tertiary/aromatic N) is 4. The Morgan fingerprint density at radius 1 is 1.19 bits per heavy atom. The fourth-order valence-electron chi connectivity index (χ4n) is 4.34. The number of carbonyl (C=O) groups is 1. The van der Waals surface area contributed by atoms with E-state index in [-0.39, 0.29) is 5.82 Å². The van der Waals surface area contributed by atoms with E-state index >= 15 is 0 Å². The van der Waals surface area contributed by atoms with E-state index in [2.05, 4.69) is 15.0 Å². The second kappa shape index (κ2) is 8.40. The van der Waals surface area contributed by atoms with Crippen LogP contribution in [0.2, 0.25) is 0 Å². The van der Waals surface area contributed by atoms with Gasteiger partial charge in [0.25, 0.3) is 0 Å². The average Bonchev–Trinajstić information content (AvgIpc) is 3.19. The Bertz CT molecular complexity index is 1120. The molecule has 1 aliphatic carbocycles. The molecule has 1 saturated carbocycles. The summed E-state index contributed by atoms with van der Waals surface area (Å²) in [6, 6.07) is 5.17. The Balaban J connectivity index is 1.78. The molecule has 0 spiro atoms. The molecule has 0 saturated heterocycles. The van der Waals surface area contributed by atoms with Crippen LogP contribution < -0.4 is 10.6 Å². The van der Waals surface area contributed by atoms with Gasteiger partial charge in [0.1, 0.15) is 17.1 Å². The molecule has 7 nitrogen and oxygen atoms in total.